The summed E-state index contributed by atoms with van der Waals surface area (Å²) in [5, 5.41) is 10.4. The van der Waals surface area contributed by atoms with Crippen LogP contribution in [0.5, 0.6) is 5.75 Å². The Morgan fingerprint density at radius 2 is 1.83 bits per heavy atom. The van der Waals surface area contributed by atoms with Crippen molar-refractivity contribution in [2.75, 3.05) is 6.61 Å². The van der Waals surface area contributed by atoms with Crippen LogP contribution >= 0.6 is 0 Å². The molecule has 0 aliphatic heterocycles. The van der Waals surface area contributed by atoms with E-state index in [1.54, 1.807) is 0 Å². The first-order valence-electron chi connectivity index (χ1n) is 8.40. The first kappa shape index (κ1) is 16.5. The highest BCUT2D eigenvalue weighted by molar-refractivity contribution is 5.75. The molecule has 0 bridgehead atoms. The Labute approximate surface area is 142 Å². The largest absolute Gasteiger partial charge is 0.491 e. The maximum absolute atomic E-state index is 10.4. The lowest BCUT2D eigenvalue weighted by Crippen LogP contribution is -2.24. The van der Waals surface area contributed by atoms with Crippen LogP contribution in [0.1, 0.15) is 23.9 Å². The molecule has 1 N–H and O–H groups in total. The van der Waals surface area contributed by atoms with E-state index >= 15 is 0 Å². The molecule has 1 aromatic heterocycles. The molecule has 0 saturated heterocycles. The molecule has 4 heteroatoms. The highest BCUT2D eigenvalue weighted by Gasteiger charge is 2.13. The first-order chi connectivity index (χ1) is 11.6. The second-order valence-electron chi connectivity index (χ2n) is 6.27. The topological polar surface area (TPSA) is 47.3 Å². The van der Waals surface area contributed by atoms with E-state index in [1.807, 2.05) is 50.2 Å². The van der Waals surface area contributed by atoms with E-state index in [-0.39, 0.29) is 6.61 Å². The van der Waals surface area contributed by atoms with E-state index < -0.39 is 6.10 Å². The summed E-state index contributed by atoms with van der Waals surface area (Å²) in [7, 11) is 0. The molecular weight excluding hydrogens is 300 g/mol. The third-order valence-electron chi connectivity index (χ3n) is 4.08. The van der Waals surface area contributed by atoms with Crippen LogP contribution in [0.3, 0.4) is 0 Å². The summed E-state index contributed by atoms with van der Waals surface area (Å²) >= 11 is 0. The number of aliphatic hydroxyl groups is 1. The molecule has 0 unspecified atom stereocenters. The second kappa shape index (κ2) is 7.05. The minimum Gasteiger partial charge on any atom is -0.491 e. The number of rotatable bonds is 6. The zero-order chi connectivity index (χ0) is 17.1. The van der Waals surface area contributed by atoms with E-state index in [2.05, 4.69) is 22.5 Å². The van der Waals surface area contributed by atoms with E-state index in [4.69, 9.17) is 4.74 Å². The van der Waals surface area contributed by atoms with Gasteiger partial charge in [0.05, 0.1) is 17.6 Å². The van der Waals surface area contributed by atoms with Crippen LogP contribution in [-0.2, 0) is 13.0 Å². The average molecular weight is 324 g/mol. The molecule has 1 atom stereocenters. The van der Waals surface area contributed by atoms with Crippen molar-refractivity contribution in [3.05, 3.63) is 59.4 Å². The van der Waals surface area contributed by atoms with Crippen molar-refractivity contribution in [1.82, 2.24) is 9.55 Å². The second-order valence-corrected chi connectivity index (χ2v) is 6.27. The van der Waals surface area contributed by atoms with Crippen LogP contribution in [-0.4, -0.2) is 27.4 Å². The number of hydrogen-bond acceptors (Lipinski definition) is 3. The number of aliphatic hydroxyl groups excluding tert-OH is 1. The number of hydrogen-bond donors (Lipinski definition) is 1. The van der Waals surface area contributed by atoms with Crippen LogP contribution < -0.4 is 4.74 Å². The van der Waals surface area contributed by atoms with Gasteiger partial charge in [0.2, 0.25) is 0 Å². The summed E-state index contributed by atoms with van der Waals surface area (Å²) in [6, 6.07) is 14.1. The van der Waals surface area contributed by atoms with Gasteiger partial charge >= 0.3 is 0 Å². The fraction of sp³-hybridized carbons (Fsp3) is 0.350. The van der Waals surface area contributed by atoms with Crippen molar-refractivity contribution in [2.24, 2.45) is 0 Å². The highest BCUT2D eigenvalue weighted by Crippen LogP contribution is 2.19. The predicted molar refractivity (Wildman–Crippen MR) is 96.5 cm³/mol. The molecule has 0 saturated carbocycles. The van der Waals surface area contributed by atoms with Crippen LogP contribution in [0.15, 0.2) is 42.5 Å². The summed E-state index contributed by atoms with van der Waals surface area (Å²) in [5.74, 6) is 1.79. The third-order valence-corrected chi connectivity index (χ3v) is 4.08. The molecule has 0 spiro atoms. The Balaban J connectivity index is 1.72. The number of aryl methyl sites for hydroxylation is 3. The van der Waals surface area contributed by atoms with Crippen molar-refractivity contribution in [1.29, 1.82) is 0 Å². The molecule has 126 valence electrons. The van der Waals surface area contributed by atoms with Crippen molar-refractivity contribution in [3.63, 3.8) is 0 Å². The van der Waals surface area contributed by atoms with Gasteiger partial charge in [0.15, 0.2) is 0 Å². The van der Waals surface area contributed by atoms with Gasteiger partial charge in [-0.05, 0) is 49.2 Å². The van der Waals surface area contributed by atoms with Crippen LogP contribution in [0, 0.1) is 13.8 Å². The van der Waals surface area contributed by atoms with E-state index in [0.29, 0.717) is 6.54 Å². The first-order valence-corrected chi connectivity index (χ1v) is 8.40. The molecule has 0 radical (unpaired) electrons. The fourth-order valence-corrected chi connectivity index (χ4v) is 3.07. The SMILES string of the molecule is CCc1nc2ccccc2n1C[C@@H](O)COc1cc(C)cc(C)c1. The number of nitrogens with zero attached hydrogens (tertiary/aromatic N) is 2. The minimum atomic E-state index is -0.589. The van der Waals surface area contributed by atoms with E-state index in [0.717, 1.165) is 40.2 Å². The Hall–Kier alpha value is -2.33. The van der Waals surface area contributed by atoms with Gasteiger partial charge in [-0.3, -0.25) is 0 Å². The van der Waals surface area contributed by atoms with Gasteiger partial charge in [-0.1, -0.05) is 25.1 Å². The number of fused-ring (bicyclic) bond motifs is 1. The molecular formula is C20H24N2O2. The Kier molecular flexibility index (Phi) is 4.86. The van der Waals surface area contributed by atoms with Crippen molar-refractivity contribution >= 4 is 11.0 Å². The Bertz CT molecular complexity index is 819. The van der Waals surface area contributed by atoms with Crippen LogP contribution in [0.25, 0.3) is 11.0 Å². The molecule has 0 aliphatic carbocycles. The van der Waals surface area contributed by atoms with Gasteiger partial charge in [0, 0.05) is 6.42 Å². The van der Waals surface area contributed by atoms with Crippen molar-refractivity contribution < 1.29 is 9.84 Å². The quantitative estimate of drug-likeness (QED) is 0.753. The number of ether oxygens (including phenoxy) is 1. The molecule has 0 aliphatic rings. The van der Waals surface area contributed by atoms with E-state index in [1.165, 1.54) is 0 Å². The molecule has 3 rings (SSSR count). The number of imidazole rings is 1. The number of aromatic nitrogens is 2. The number of benzene rings is 2. The van der Waals surface area contributed by atoms with Crippen LogP contribution in [0.2, 0.25) is 0 Å². The molecule has 4 nitrogen and oxygen atoms in total. The van der Waals surface area contributed by atoms with Gasteiger partial charge in [-0.15, -0.1) is 0 Å². The van der Waals surface area contributed by atoms with Gasteiger partial charge < -0.3 is 14.4 Å². The standard InChI is InChI=1S/C20H24N2O2/c1-4-20-21-18-7-5-6-8-19(18)22(20)12-16(23)13-24-17-10-14(2)9-15(3)11-17/h5-11,16,23H,4,12-13H2,1-3H3/t16-/m1/s1. The zero-order valence-electron chi connectivity index (χ0n) is 14.5. The summed E-state index contributed by atoms with van der Waals surface area (Å²) in [5.41, 5.74) is 4.35. The molecule has 0 fully saturated rings. The zero-order valence-corrected chi connectivity index (χ0v) is 14.5. The third kappa shape index (κ3) is 3.60. The molecule has 1 heterocycles. The summed E-state index contributed by atoms with van der Waals surface area (Å²) in [6.45, 7) is 6.91. The monoisotopic (exact) mass is 324 g/mol. The van der Waals surface area contributed by atoms with Gasteiger partial charge in [-0.2, -0.15) is 0 Å². The summed E-state index contributed by atoms with van der Waals surface area (Å²) < 4.78 is 7.87. The maximum Gasteiger partial charge on any atom is 0.119 e. The average Bonchev–Trinajstić information content (AvgIpc) is 2.90. The molecule has 2 aromatic carbocycles. The lowest BCUT2D eigenvalue weighted by atomic mass is 10.1. The molecule has 0 amide bonds. The summed E-state index contributed by atoms with van der Waals surface area (Å²) in [6.07, 6.45) is 0.244. The van der Waals surface area contributed by atoms with Gasteiger partial charge in [0.25, 0.3) is 0 Å². The van der Waals surface area contributed by atoms with Crippen LogP contribution in [0.4, 0.5) is 0 Å². The smallest absolute Gasteiger partial charge is 0.119 e. The lowest BCUT2D eigenvalue weighted by Gasteiger charge is -2.16. The lowest BCUT2D eigenvalue weighted by molar-refractivity contribution is 0.0927. The fourth-order valence-electron chi connectivity index (χ4n) is 3.07. The molecule has 24 heavy (non-hydrogen) atoms. The van der Waals surface area contributed by atoms with Crippen molar-refractivity contribution in [2.45, 2.75) is 39.8 Å². The maximum atomic E-state index is 10.4. The molecule has 3 aromatic rings. The van der Waals surface area contributed by atoms with Gasteiger partial charge in [0.1, 0.15) is 24.3 Å². The van der Waals surface area contributed by atoms with Crippen molar-refractivity contribution in [3.8, 4) is 5.75 Å². The normalized spacial score (nSPS) is 12.5. The minimum absolute atomic E-state index is 0.262. The highest BCUT2D eigenvalue weighted by atomic mass is 16.5. The number of para-hydroxylation sites is 2. The predicted octanol–water partition coefficient (Wildman–Crippen LogP) is 3.66. The Morgan fingerprint density at radius 3 is 2.54 bits per heavy atom. The Morgan fingerprint density at radius 1 is 1.12 bits per heavy atom. The van der Waals surface area contributed by atoms with E-state index in [9.17, 15) is 5.11 Å². The van der Waals surface area contributed by atoms with Gasteiger partial charge in [-0.25, -0.2) is 4.98 Å². The summed E-state index contributed by atoms with van der Waals surface area (Å²) in [4.78, 5) is 4.64.